The number of hydrogen-bond donors (Lipinski definition) is 4. The average Bonchev–Trinajstić information content (AvgIpc) is 2.92. The van der Waals surface area contributed by atoms with Crippen LogP contribution < -0.4 is 15.4 Å². The van der Waals surface area contributed by atoms with Crippen molar-refractivity contribution in [2.45, 2.75) is 29.4 Å². The maximum atomic E-state index is 14.1. The second kappa shape index (κ2) is 10.2. The van der Waals surface area contributed by atoms with Crippen molar-refractivity contribution in [1.29, 1.82) is 0 Å². The van der Waals surface area contributed by atoms with Gasteiger partial charge in [-0.25, -0.2) is 8.42 Å². The molecule has 13 nitrogen and oxygen atoms in total. The highest BCUT2D eigenvalue weighted by Gasteiger charge is 2.69. The zero-order chi connectivity index (χ0) is 31.8. The Morgan fingerprint density at radius 3 is 2.23 bits per heavy atom. The summed E-state index contributed by atoms with van der Waals surface area (Å²) in [4.78, 5) is 69.9. The van der Waals surface area contributed by atoms with Crippen LogP contribution in [0.5, 0.6) is 5.75 Å². The number of rotatable bonds is 6. The van der Waals surface area contributed by atoms with E-state index in [1.807, 2.05) is 0 Å². The topological polar surface area (TPSA) is 204 Å². The van der Waals surface area contributed by atoms with Gasteiger partial charge in [-0.2, -0.15) is 0 Å². The van der Waals surface area contributed by atoms with Gasteiger partial charge >= 0.3 is 0 Å². The van der Waals surface area contributed by atoms with E-state index < -0.39 is 80.1 Å². The van der Waals surface area contributed by atoms with Crippen molar-refractivity contribution < 1.29 is 42.6 Å². The first kappa shape index (κ1) is 30.3. The van der Waals surface area contributed by atoms with Gasteiger partial charge in [0, 0.05) is 25.7 Å². The number of primary amides is 1. The lowest BCUT2D eigenvalue weighted by Gasteiger charge is -2.52. The number of nitrogens with one attached hydrogen (secondary N) is 1. The van der Waals surface area contributed by atoms with Crippen LogP contribution in [0, 0.1) is 23.7 Å². The summed E-state index contributed by atoms with van der Waals surface area (Å²) in [5.41, 5.74) is 2.61. The molecule has 2 aromatic carbocycles. The number of phenols is 1. The molecule has 6 atom stereocenters. The molecule has 6 unspecified atom stereocenters. The molecule has 0 heterocycles. The molecule has 3 aliphatic carbocycles. The first-order chi connectivity index (χ1) is 20.0. The number of amides is 1. The highest BCUT2D eigenvalue weighted by Crippen LogP contribution is 2.52. The Morgan fingerprint density at radius 1 is 1.05 bits per heavy atom. The molecule has 1 amide bonds. The molecule has 2 saturated carbocycles. The number of nitrogens with two attached hydrogens (primary N) is 1. The molecule has 43 heavy (non-hydrogen) atoms. The number of aliphatic hydroxyl groups is 1. The molecule has 0 spiro atoms. The number of carbonyl (C=O) groups excluding carboxylic acids is 5. The number of fused-ring (bicyclic) bond motifs is 3. The number of carbonyl (C=O) groups is 5. The fourth-order valence-electron chi connectivity index (χ4n) is 6.93. The number of sulfonamides is 1. The Kier molecular flexibility index (Phi) is 7.22. The Hall–Kier alpha value is -4.14. The molecule has 0 aliphatic heterocycles. The van der Waals surface area contributed by atoms with Crippen molar-refractivity contribution in [3.05, 3.63) is 47.5 Å². The summed E-state index contributed by atoms with van der Waals surface area (Å²) in [6.07, 6.45) is -0.0570. The van der Waals surface area contributed by atoms with Crippen LogP contribution in [-0.4, -0.2) is 92.4 Å². The largest absolute Gasteiger partial charge is 0.505 e. The number of phenolic OH excluding ortho intramolecular Hbond substituents is 1. The standard InChI is InChI=1S/C29H32N4O9S/c1-32(2)18-12-17(31-43(41,42)14-8-6-5-7-9-14)23(34)20-15(18)10-13-11-16-22(33(3)4)25(36)21(28(30)39)27(38)29(16,40)26(37)19(13)24(20)35/h5-9,12-13,16,19,21-22,31,34,40H,10-11H2,1-4H3,(H2,30,39). The van der Waals surface area contributed by atoms with Crippen LogP contribution in [0.2, 0.25) is 0 Å². The number of benzene rings is 2. The second-order valence-corrected chi connectivity index (χ2v) is 13.4. The second-order valence-electron chi connectivity index (χ2n) is 11.7. The molecule has 0 aromatic heterocycles. The molecule has 2 aromatic rings. The fourth-order valence-corrected chi connectivity index (χ4v) is 8.01. The van der Waals surface area contributed by atoms with Gasteiger partial charge in [0.05, 0.1) is 28.1 Å². The van der Waals surface area contributed by atoms with E-state index in [2.05, 4.69) is 4.72 Å². The molecule has 0 bridgehead atoms. The number of anilines is 2. The summed E-state index contributed by atoms with van der Waals surface area (Å²) in [5.74, 6) is -12.0. The zero-order valence-corrected chi connectivity index (χ0v) is 24.7. The van der Waals surface area contributed by atoms with Gasteiger partial charge in [0.2, 0.25) is 5.91 Å². The summed E-state index contributed by atoms with van der Waals surface area (Å²) in [6.45, 7) is 0. The molecule has 0 radical (unpaired) electrons. The minimum absolute atomic E-state index is 0.0403. The first-order valence-electron chi connectivity index (χ1n) is 13.5. The van der Waals surface area contributed by atoms with E-state index in [4.69, 9.17) is 5.73 Å². The van der Waals surface area contributed by atoms with E-state index in [1.165, 1.54) is 49.3 Å². The lowest BCUT2D eigenvalue weighted by molar-refractivity contribution is -0.181. The van der Waals surface area contributed by atoms with Gasteiger partial charge in [0.25, 0.3) is 10.0 Å². The Labute approximate surface area is 247 Å². The van der Waals surface area contributed by atoms with Crippen LogP contribution in [0.3, 0.4) is 0 Å². The lowest BCUT2D eigenvalue weighted by atomic mass is 9.52. The van der Waals surface area contributed by atoms with Crippen molar-refractivity contribution in [1.82, 2.24) is 4.90 Å². The summed E-state index contributed by atoms with van der Waals surface area (Å²) < 4.78 is 28.5. The van der Waals surface area contributed by atoms with Crippen molar-refractivity contribution in [2.24, 2.45) is 29.4 Å². The molecular weight excluding hydrogens is 580 g/mol. The van der Waals surface area contributed by atoms with Gasteiger partial charge in [-0.1, -0.05) is 18.2 Å². The lowest BCUT2D eigenvalue weighted by Crippen LogP contribution is -2.74. The number of aromatic hydroxyl groups is 1. The maximum absolute atomic E-state index is 14.1. The molecule has 5 N–H and O–H groups in total. The van der Waals surface area contributed by atoms with Crippen LogP contribution in [0.4, 0.5) is 11.4 Å². The van der Waals surface area contributed by atoms with Crippen LogP contribution >= 0.6 is 0 Å². The summed E-state index contributed by atoms with van der Waals surface area (Å²) >= 11 is 0. The van der Waals surface area contributed by atoms with Gasteiger partial charge in [-0.05, 0) is 56.6 Å². The zero-order valence-electron chi connectivity index (χ0n) is 23.9. The van der Waals surface area contributed by atoms with Crippen molar-refractivity contribution in [3.8, 4) is 5.75 Å². The smallest absolute Gasteiger partial charge is 0.262 e. The minimum Gasteiger partial charge on any atom is -0.505 e. The highest BCUT2D eigenvalue weighted by atomic mass is 32.2. The third-order valence-electron chi connectivity index (χ3n) is 8.82. The van der Waals surface area contributed by atoms with E-state index in [0.717, 1.165) is 0 Å². The van der Waals surface area contributed by atoms with Gasteiger partial charge in [0.15, 0.2) is 40.4 Å². The molecule has 228 valence electrons. The van der Waals surface area contributed by atoms with Crippen LogP contribution in [0.1, 0.15) is 22.3 Å². The van der Waals surface area contributed by atoms with Crippen LogP contribution in [0.15, 0.2) is 41.3 Å². The third-order valence-corrected chi connectivity index (χ3v) is 10.2. The van der Waals surface area contributed by atoms with E-state index in [-0.39, 0.29) is 29.0 Å². The summed E-state index contributed by atoms with van der Waals surface area (Å²) in [7, 11) is 2.14. The predicted molar refractivity (Wildman–Crippen MR) is 153 cm³/mol. The SMILES string of the molecule is CN(C)c1cc(NS(=O)(=O)c2ccccc2)c(O)c2c1CC1CC3C(N(C)C)C(=O)C(C(N)=O)C(=O)C3(O)C(=O)C1C2=O. The Bertz CT molecular complexity index is 1690. The van der Waals surface area contributed by atoms with Gasteiger partial charge in [0.1, 0.15) is 0 Å². The van der Waals surface area contributed by atoms with Gasteiger partial charge in [-0.15, -0.1) is 0 Å². The van der Waals surface area contributed by atoms with E-state index in [9.17, 15) is 42.6 Å². The van der Waals surface area contributed by atoms with Crippen molar-refractivity contribution >= 4 is 50.4 Å². The number of Topliss-reactive ketones (excluding diaryl/α,β-unsaturated/α-hetero) is 4. The number of likely N-dealkylation sites (N-methyl/N-ethyl adjacent to an activating group) is 1. The Balaban J connectivity index is 1.64. The maximum Gasteiger partial charge on any atom is 0.262 e. The molecular formula is C29H32N4O9S. The normalized spacial score (nSPS) is 28.7. The number of nitrogens with zero attached hydrogens (tertiary/aromatic N) is 2. The number of hydrogen-bond acceptors (Lipinski definition) is 11. The average molecular weight is 613 g/mol. The number of ketones is 4. The summed E-state index contributed by atoms with van der Waals surface area (Å²) in [5, 5.41) is 23.0. The van der Waals surface area contributed by atoms with Gasteiger partial charge < -0.3 is 20.8 Å². The van der Waals surface area contributed by atoms with Crippen LogP contribution in [0.25, 0.3) is 0 Å². The van der Waals surface area contributed by atoms with E-state index in [0.29, 0.717) is 11.3 Å². The van der Waals surface area contributed by atoms with Crippen molar-refractivity contribution in [2.75, 3.05) is 37.8 Å². The fraction of sp³-hybridized carbons (Fsp3) is 0.414. The third kappa shape index (κ3) is 4.43. The molecule has 14 heteroatoms. The molecule has 2 fully saturated rings. The quantitative estimate of drug-likeness (QED) is 0.247. The van der Waals surface area contributed by atoms with Gasteiger partial charge in [-0.3, -0.25) is 33.6 Å². The minimum atomic E-state index is -4.19. The molecule has 3 aliphatic rings. The van der Waals surface area contributed by atoms with Crippen LogP contribution in [-0.2, 0) is 35.6 Å². The molecule has 0 saturated heterocycles. The monoisotopic (exact) mass is 612 g/mol. The predicted octanol–water partition coefficient (Wildman–Crippen LogP) is -0.266. The summed E-state index contributed by atoms with van der Waals surface area (Å²) in [6, 6.07) is 7.55. The first-order valence-corrected chi connectivity index (χ1v) is 15.0. The van der Waals surface area contributed by atoms with E-state index in [1.54, 1.807) is 25.1 Å². The highest BCUT2D eigenvalue weighted by molar-refractivity contribution is 7.92. The molecule has 5 rings (SSSR count). The Morgan fingerprint density at radius 2 is 1.67 bits per heavy atom. The van der Waals surface area contributed by atoms with Crippen molar-refractivity contribution in [3.63, 3.8) is 0 Å². The van der Waals surface area contributed by atoms with E-state index >= 15 is 0 Å².